The van der Waals surface area contributed by atoms with Gasteiger partial charge >= 0.3 is 0 Å². The number of hydrogen-bond acceptors (Lipinski definition) is 5. The number of carbonyl (C=O) groups is 1. The molecule has 2 aromatic rings. The Balaban J connectivity index is 2.20. The Morgan fingerprint density at radius 2 is 2.25 bits per heavy atom. The van der Waals surface area contributed by atoms with Crippen molar-refractivity contribution in [1.29, 1.82) is 0 Å². The Labute approximate surface area is 122 Å². The van der Waals surface area contributed by atoms with Crippen LogP contribution < -0.4 is 11.1 Å². The molecule has 0 aliphatic heterocycles. The minimum Gasteiger partial charge on any atom is -0.395 e. The van der Waals surface area contributed by atoms with Gasteiger partial charge in [-0.15, -0.1) is 11.3 Å². The molecular weight excluding hydrogens is 274 g/mol. The van der Waals surface area contributed by atoms with Gasteiger partial charge in [0, 0.05) is 17.6 Å². The molecule has 0 aromatic carbocycles. The number of amides is 1. The first-order valence-electron chi connectivity index (χ1n) is 6.50. The van der Waals surface area contributed by atoms with Crippen molar-refractivity contribution in [3.8, 4) is 0 Å². The molecule has 2 heterocycles. The highest BCUT2D eigenvalue weighted by Gasteiger charge is 2.21. The van der Waals surface area contributed by atoms with E-state index >= 15 is 0 Å². The molecule has 108 valence electrons. The van der Waals surface area contributed by atoms with Crippen LogP contribution in [0.3, 0.4) is 0 Å². The average Bonchev–Trinajstić information content (AvgIpc) is 2.94. The fraction of sp³-hybridized carbons (Fsp3) is 0.462. The molecule has 7 heteroatoms. The molecule has 0 saturated carbocycles. The number of nitrogen functional groups attached to an aromatic ring is 1. The zero-order valence-electron chi connectivity index (χ0n) is 12.1. The summed E-state index contributed by atoms with van der Waals surface area (Å²) < 4.78 is 1.62. The van der Waals surface area contributed by atoms with Gasteiger partial charge in [0.15, 0.2) is 0 Å². The van der Waals surface area contributed by atoms with Crippen LogP contribution in [0.1, 0.15) is 46.0 Å². The third-order valence-corrected chi connectivity index (χ3v) is 4.14. The molecule has 1 atom stereocenters. The molecule has 6 nitrogen and oxygen atoms in total. The number of rotatable bonds is 4. The van der Waals surface area contributed by atoms with Crippen molar-refractivity contribution in [1.82, 2.24) is 20.1 Å². The van der Waals surface area contributed by atoms with Crippen LogP contribution in [0, 0.1) is 13.8 Å². The number of hydrogen-bond donors (Lipinski definition) is 2. The van der Waals surface area contributed by atoms with Crippen molar-refractivity contribution in [3.63, 3.8) is 0 Å². The molecule has 3 N–H and O–H groups in total. The topological polar surface area (TPSA) is 85.8 Å². The molecule has 1 amide bonds. The van der Waals surface area contributed by atoms with Crippen molar-refractivity contribution >= 4 is 22.9 Å². The van der Waals surface area contributed by atoms with Crippen molar-refractivity contribution in [2.45, 2.75) is 40.3 Å². The number of anilines is 1. The third-order valence-electron chi connectivity index (χ3n) is 3.05. The van der Waals surface area contributed by atoms with Gasteiger partial charge in [-0.1, -0.05) is 0 Å². The number of nitrogens with zero attached hydrogens (tertiary/aromatic N) is 3. The Hall–Kier alpha value is -1.89. The van der Waals surface area contributed by atoms with E-state index in [1.807, 2.05) is 20.8 Å². The van der Waals surface area contributed by atoms with Crippen LogP contribution in [0.4, 0.5) is 5.69 Å². The predicted octanol–water partition coefficient (Wildman–Crippen LogP) is 2.05. The third kappa shape index (κ3) is 2.67. The largest absolute Gasteiger partial charge is 0.395 e. The Morgan fingerprint density at radius 3 is 2.80 bits per heavy atom. The first-order valence-corrected chi connectivity index (χ1v) is 7.31. The normalized spacial score (nSPS) is 12.4. The second-order valence-corrected chi connectivity index (χ2v) is 5.93. The average molecular weight is 293 g/mol. The molecule has 0 aliphatic carbocycles. The number of thiazole rings is 1. The van der Waals surface area contributed by atoms with Crippen LogP contribution in [-0.2, 0) is 6.54 Å². The van der Waals surface area contributed by atoms with Crippen LogP contribution in [-0.4, -0.2) is 20.7 Å². The fourth-order valence-electron chi connectivity index (χ4n) is 1.96. The zero-order chi connectivity index (χ0) is 14.9. The molecule has 2 aromatic heterocycles. The summed E-state index contributed by atoms with van der Waals surface area (Å²) >= 11 is 1.57. The number of nitrogens with one attached hydrogen (secondary N) is 1. The number of aromatic nitrogens is 3. The SMILES string of the molecule is CCn1nc(C)c(N)c1C(=O)NC(C)c1ncc(C)s1. The maximum absolute atomic E-state index is 12.4. The first kappa shape index (κ1) is 14.5. The Bertz CT molecular complexity index is 631. The molecule has 1 unspecified atom stereocenters. The van der Waals surface area contributed by atoms with Gasteiger partial charge in [-0.05, 0) is 27.7 Å². The summed E-state index contributed by atoms with van der Waals surface area (Å²) in [7, 11) is 0. The van der Waals surface area contributed by atoms with Gasteiger partial charge < -0.3 is 11.1 Å². The second-order valence-electron chi connectivity index (χ2n) is 4.67. The van der Waals surface area contributed by atoms with E-state index in [0.717, 1.165) is 9.88 Å². The van der Waals surface area contributed by atoms with Crippen molar-refractivity contribution in [2.75, 3.05) is 5.73 Å². The van der Waals surface area contributed by atoms with Gasteiger partial charge in [-0.25, -0.2) is 4.98 Å². The molecule has 2 rings (SSSR count). The summed E-state index contributed by atoms with van der Waals surface area (Å²) in [5, 5.41) is 8.06. The van der Waals surface area contributed by atoms with Gasteiger partial charge in [-0.2, -0.15) is 5.10 Å². The minimum absolute atomic E-state index is 0.152. The number of nitrogens with two attached hydrogens (primary N) is 1. The summed E-state index contributed by atoms with van der Waals surface area (Å²) in [4.78, 5) is 17.8. The quantitative estimate of drug-likeness (QED) is 0.903. The fourth-order valence-corrected chi connectivity index (χ4v) is 2.74. The van der Waals surface area contributed by atoms with Gasteiger partial charge in [0.1, 0.15) is 10.7 Å². The summed E-state index contributed by atoms with van der Waals surface area (Å²) in [6.07, 6.45) is 1.80. The maximum Gasteiger partial charge on any atom is 0.272 e. The van der Waals surface area contributed by atoms with Crippen LogP contribution >= 0.6 is 11.3 Å². The van der Waals surface area contributed by atoms with Crippen molar-refractivity contribution < 1.29 is 4.79 Å². The van der Waals surface area contributed by atoms with Gasteiger partial charge in [0.25, 0.3) is 5.91 Å². The highest BCUT2D eigenvalue weighted by Crippen LogP contribution is 2.21. The lowest BCUT2D eigenvalue weighted by Gasteiger charge is -2.12. The molecule has 0 bridgehead atoms. The van der Waals surface area contributed by atoms with E-state index in [2.05, 4.69) is 15.4 Å². The second kappa shape index (κ2) is 5.62. The van der Waals surface area contributed by atoms with Crippen LogP contribution in [0.25, 0.3) is 0 Å². The lowest BCUT2D eigenvalue weighted by molar-refractivity contribution is 0.0930. The van der Waals surface area contributed by atoms with Crippen LogP contribution in [0.5, 0.6) is 0 Å². The highest BCUT2D eigenvalue weighted by molar-refractivity contribution is 7.11. The first-order chi connectivity index (χ1) is 9.43. The van der Waals surface area contributed by atoms with Crippen LogP contribution in [0.2, 0.25) is 0 Å². The van der Waals surface area contributed by atoms with E-state index in [9.17, 15) is 4.79 Å². The van der Waals surface area contributed by atoms with E-state index in [4.69, 9.17) is 5.73 Å². The number of aryl methyl sites for hydroxylation is 3. The lowest BCUT2D eigenvalue weighted by atomic mass is 10.2. The predicted molar refractivity (Wildman–Crippen MR) is 79.8 cm³/mol. The maximum atomic E-state index is 12.4. The summed E-state index contributed by atoms with van der Waals surface area (Å²) in [6.45, 7) is 8.22. The monoisotopic (exact) mass is 293 g/mol. The summed E-state index contributed by atoms with van der Waals surface area (Å²) in [5.41, 5.74) is 7.48. The van der Waals surface area contributed by atoms with E-state index in [-0.39, 0.29) is 11.9 Å². The van der Waals surface area contributed by atoms with Gasteiger partial charge in [0.05, 0.1) is 17.4 Å². The van der Waals surface area contributed by atoms with Gasteiger partial charge in [0.2, 0.25) is 0 Å². The van der Waals surface area contributed by atoms with Crippen LogP contribution in [0.15, 0.2) is 6.20 Å². The zero-order valence-corrected chi connectivity index (χ0v) is 12.9. The molecular formula is C13H19N5OS. The van der Waals surface area contributed by atoms with Gasteiger partial charge in [-0.3, -0.25) is 9.48 Å². The summed E-state index contributed by atoms with van der Waals surface area (Å²) in [6, 6.07) is -0.152. The van der Waals surface area contributed by atoms with E-state index in [1.54, 1.807) is 29.1 Å². The standard InChI is InChI=1S/C13H19N5OS/c1-5-18-11(10(14)8(3)17-18)12(19)16-9(4)13-15-6-7(2)20-13/h6,9H,5,14H2,1-4H3,(H,16,19). The smallest absolute Gasteiger partial charge is 0.272 e. The van der Waals surface area contributed by atoms with E-state index in [0.29, 0.717) is 23.6 Å². The Morgan fingerprint density at radius 1 is 1.55 bits per heavy atom. The molecule has 0 radical (unpaired) electrons. The highest BCUT2D eigenvalue weighted by atomic mass is 32.1. The molecule has 0 spiro atoms. The molecule has 20 heavy (non-hydrogen) atoms. The number of carbonyl (C=O) groups excluding carboxylic acids is 1. The summed E-state index contributed by atoms with van der Waals surface area (Å²) in [5.74, 6) is -0.217. The van der Waals surface area contributed by atoms with E-state index in [1.165, 1.54) is 0 Å². The van der Waals surface area contributed by atoms with Crippen molar-refractivity contribution in [2.24, 2.45) is 0 Å². The molecule has 0 aliphatic rings. The van der Waals surface area contributed by atoms with Crippen molar-refractivity contribution in [3.05, 3.63) is 27.5 Å². The Kier molecular flexibility index (Phi) is 4.08. The molecule has 0 saturated heterocycles. The lowest BCUT2D eigenvalue weighted by Crippen LogP contribution is -2.29. The molecule has 0 fully saturated rings. The minimum atomic E-state index is -0.217. The van der Waals surface area contributed by atoms with E-state index < -0.39 is 0 Å².